The summed E-state index contributed by atoms with van der Waals surface area (Å²) in [6.07, 6.45) is 8.04. The Hall–Kier alpha value is -1.55. The molecule has 0 spiro atoms. The standard InChI is InChI=1S/C20H28N2O2/c23-20(24)17-5-7-18(8-6-17)22(14-16-3-4-16)19-9-11-21(12-10-19)13-15-1-2-15/h5-8,15-16,19H,1-4,9-14H2,(H,23,24). The third kappa shape index (κ3) is 3.92. The number of likely N-dealkylation sites (tertiary alicyclic amines) is 1. The first-order chi connectivity index (χ1) is 11.7. The summed E-state index contributed by atoms with van der Waals surface area (Å²) in [5, 5.41) is 9.11. The van der Waals surface area contributed by atoms with E-state index in [1.54, 1.807) is 12.1 Å². The molecule has 0 atom stereocenters. The summed E-state index contributed by atoms with van der Waals surface area (Å²) in [6, 6.07) is 8.11. The lowest BCUT2D eigenvalue weighted by Crippen LogP contribution is -2.46. The van der Waals surface area contributed by atoms with Crippen LogP contribution in [0.3, 0.4) is 0 Å². The predicted molar refractivity (Wildman–Crippen MR) is 95.7 cm³/mol. The fraction of sp³-hybridized carbons (Fsp3) is 0.650. The average molecular weight is 328 g/mol. The first-order valence-electron chi connectivity index (χ1n) is 9.51. The first kappa shape index (κ1) is 15.9. The molecule has 0 amide bonds. The summed E-state index contributed by atoms with van der Waals surface area (Å²) in [6.45, 7) is 4.88. The molecule has 1 aromatic rings. The number of nitrogens with zero attached hydrogens (tertiary/aromatic N) is 2. The van der Waals surface area contributed by atoms with Crippen molar-refractivity contribution in [2.24, 2.45) is 11.8 Å². The fourth-order valence-corrected chi connectivity index (χ4v) is 3.92. The summed E-state index contributed by atoms with van der Waals surface area (Å²) in [5.74, 6) is 0.977. The van der Waals surface area contributed by atoms with Gasteiger partial charge >= 0.3 is 5.97 Å². The number of rotatable bonds is 7. The van der Waals surface area contributed by atoms with Crippen molar-refractivity contribution in [3.05, 3.63) is 29.8 Å². The van der Waals surface area contributed by atoms with Crippen molar-refractivity contribution in [3.8, 4) is 0 Å². The molecule has 130 valence electrons. The van der Waals surface area contributed by atoms with Crippen LogP contribution in [-0.4, -0.2) is 48.2 Å². The Morgan fingerprint density at radius 2 is 1.62 bits per heavy atom. The third-order valence-electron chi connectivity index (χ3n) is 5.81. The second-order valence-corrected chi connectivity index (χ2v) is 7.92. The van der Waals surface area contributed by atoms with Gasteiger partial charge in [-0.1, -0.05) is 0 Å². The van der Waals surface area contributed by atoms with Crippen LogP contribution in [0.2, 0.25) is 0 Å². The molecule has 3 fully saturated rings. The van der Waals surface area contributed by atoms with Crippen LogP contribution in [-0.2, 0) is 0 Å². The van der Waals surface area contributed by atoms with Crippen LogP contribution in [0.15, 0.2) is 24.3 Å². The minimum Gasteiger partial charge on any atom is -0.478 e. The van der Waals surface area contributed by atoms with Gasteiger partial charge in [0.25, 0.3) is 0 Å². The molecule has 4 rings (SSSR count). The largest absolute Gasteiger partial charge is 0.478 e. The van der Waals surface area contributed by atoms with E-state index in [9.17, 15) is 4.79 Å². The molecule has 1 heterocycles. The molecule has 0 radical (unpaired) electrons. The molecular formula is C20H28N2O2. The van der Waals surface area contributed by atoms with E-state index in [0.29, 0.717) is 11.6 Å². The number of carboxylic acids is 1. The maximum atomic E-state index is 11.1. The van der Waals surface area contributed by atoms with Crippen molar-refractivity contribution in [1.82, 2.24) is 4.90 Å². The van der Waals surface area contributed by atoms with E-state index >= 15 is 0 Å². The van der Waals surface area contributed by atoms with Gasteiger partial charge in [-0.05, 0) is 74.6 Å². The van der Waals surface area contributed by atoms with E-state index < -0.39 is 5.97 Å². The molecule has 1 N–H and O–H groups in total. The first-order valence-corrected chi connectivity index (χ1v) is 9.51. The van der Waals surface area contributed by atoms with Gasteiger partial charge in [0, 0.05) is 37.9 Å². The van der Waals surface area contributed by atoms with E-state index in [2.05, 4.69) is 9.80 Å². The van der Waals surface area contributed by atoms with Crippen LogP contribution >= 0.6 is 0 Å². The highest BCUT2D eigenvalue weighted by Gasteiger charge is 2.32. The third-order valence-corrected chi connectivity index (χ3v) is 5.81. The molecule has 1 aliphatic heterocycles. The van der Waals surface area contributed by atoms with Gasteiger partial charge in [-0.25, -0.2) is 4.79 Å². The molecule has 4 heteroatoms. The molecule has 1 aromatic carbocycles. The Balaban J connectivity index is 1.42. The van der Waals surface area contributed by atoms with Gasteiger partial charge in [0.05, 0.1) is 5.56 Å². The molecule has 3 aliphatic rings. The summed E-state index contributed by atoms with van der Waals surface area (Å²) in [4.78, 5) is 16.3. The minimum absolute atomic E-state index is 0.379. The van der Waals surface area contributed by atoms with Crippen molar-refractivity contribution < 1.29 is 9.90 Å². The van der Waals surface area contributed by atoms with Gasteiger partial charge in [0.2, 0.25) is 0 Å². The molecule has 4 nitrogen and oxygen atoms in total. The van der Waals surface area contributed by atoms with Gasteiger partial charge in [0.15, 0.2) is 0 Å². The molecule has 0 bridgehead atoms. The number of hydrogen-bond acceptors (Lipinski definition) is 3. The Bertz CT molecular complexity index is 570. The topological polar surface area (TPSA) is 43.8 Å². The molecule has 0 unspecified atom stereocenters. The van der Waals surface area contributed by atoms with Crippen LogP contribution in [0.25, 0.3) is 0 Å². The predicted octanol–water partition coefficient (Wildman–Crippen LogP) is 3.48. The number of piperidine rings is 1. The summed E-state index contributed by atoms with van der Waals surface area (Å²) >= 11 is 0. The number of anilines is 1. The number of carboxylic acid groups (broad SMARTS) is 1. The Morgan fingerprint density at radius 3 is 2.17 bits per heavy atom. The normalized spacial score (nSPS) is 22.5. The monoisotopic (exact) mass is 328 g/mol. The molecule has 0 aromatic heterocycles. The molecule has 24 heavy (non-hydrogen) atoms. The smallest absolute Gasteiger partial charge is 0.335 e. The second kappa shape index (κ2) is 6.75. The maximum absolute atomic E-state index is 11.1. The Kier molecular flexibility index (Phi) is 4.49. The number of aromatic carboxylic acids is 1. The average Bonchev–Trinajstić information content (AvgIpc) is 3.50. The van der Waals surface area contributed by atoms with E-state index in [1.807, 2.05) is 12.1 Å². The number of benzene rings is 1. The molecule has 2 saturated carbocycles. The van der Waals surface area contributed by atoms with Gasteiger partial charge < -0.3 is 14.9 Å². The SMILES string of the molecule is O=C(O)c1ccc(N(CC2CC2)C2CCN(CC3CC3)CC2)cc1. The fourth-order valence-electron chi connectivity index (χ4n) is 3.92. The highest BCUT2D eigenvalue weighted by Crippen LogP contribution is 2.35. The van der Waals surface area contributed by atoms with Gasteiger partial charge in [0.1, 0.15) is 0 Å². The maximum Gasteiger partial charge on any atom is 0.335 e. The quantitative estimate of drug-likeness (QED) is 0.832. The van der Waals surface area contributed by atoms with Crippen LogP contribution in [0, 0.1) is 11.8 Å². The lowest BCUT2D eigenvalue weighted by atomic mass is 10.0. The van der Waals surface area contributed by atoms with Gasteiger partial charge in [-0.15, -0.1) is 0 Å². The minimum atomic E-state index is -0.844. The molecule has 2 aliphatic carbocycles. The Morgan fingerprint density at radius 1 is 1.00 bits per heavy atom. The Labute approximate surface area is 144 Å². The second-order valence-electron chi connectivity index (χ2n) is 7.92. The van der Waals surface area contributed by atoms with E-state index in [-0.39, 0.29) is 0 Å². The van der Waals surface area contributed by atoms with Crippen molar-refractivity contribution in [2.75, 3.05) is 31.1 Å². The van der Waals surface area contributed by atoms with Crippen LogP contribution < -0.4 is 4.90 Å². The zero-order chi connectivity index (χ0) is 16.5. The van der Waals surface area contributed by atoms with E-state index in [0.717, 1.165) is 18.4 Å². The highest BCUT2D eigenvalue weighted by atomic mass is 16.4. The van der Waals surface area contributed by atoms with Crippen molar-refractivity contribution in [1.29, 1.82) is 0 Å². The van der Waals surface area contributed by atoms with Crippen molar-refractivity contribution in [3.63, 3.8) is 0 Å². The van der Waals surface area contributed by atoms with Gasteiger partial charge in [-0.2, -0.15) is 0 Å². The summed E-state index contributed by atoms with van der Waals surface area (Å²) < 4.78 is 0. The zero-order valence-electron chi connectivity index (χ0n) is 14.4. The number of carbonyl (C=O) groups is 1. The lowest BCUT2D eigenvalue weighted by Gasteiger charge is -2.40. The van der Waals surface area contributed by atoms with Crippen molar-refractivity contribution >= 4 is 11.7 Å². The summed E-state index contributed by atoms with van der Waals surface area (Å²) in [7, 11) is 0. The lowest BCUT2D eigenvalue weighted by molar-refractivity contribution is 0.0697. The molecule has 1 saturated heterocycles. The molecular weight excluding hydrogens is 300 g/mol. The van der Waals surface area contributed by atoms with Crippen LogP contribution in [0.5, 0.6) is 0 Å². The zero-order valence-corrected chi connectivity index (χ0v) is 14.4. The van der Waals surface area contributed by atoms with Gasteiger partial charge in [-0.3, -0.25) is 0 Å². The highest BCUT2D eigenvalue weighted by molar-refractivity contribution is 5.88. The van der Waals surface area contributed by atoms with E-state index in [4.69, 9.17) is 5.11 Å². The van der Waals surface area contributed by atoms with Crippen LogP contribution in [0.1, 0.15) is 48.9 Å². The number of hydrogen-bond donors (Lipinski definition) is 1. The van der Waals surface area contributed by atoms with Crippen molar-refractivity contribution in [2.45, 2.75) is 44.6 Å². The van der Waals surface area contributed by atoms with Crippen LogP contribution in [0.4, 0.5) is 5.69 Å². The summed E-state index contributed by atoms with van der Waals surface area (Å²) in [5.41, 5.74) is 1.58. The van der Waals surface area contributed by atoms with E-state index in [1.165, 1.54) is 63.8 Å².